The van der Waals surface area contributed by atoms with E-state index in [0.717, 1.165) is 36.7 Å². The van der Waals surface area contributed by atoms with Crippen LogP contribution >= 0.6 is 22.9 Å². The summed E-state index contributed by atoms with van der Waals surface area (Å²) in [6.07, 6.45) is 3.07. The van der Waals surface area contributed by atoms with Crippen LogP contribution in [0.15, 0.2) is 12.1 Å². The number of aliphatic hydroxyl groups excluding tert-OH is 1. The second-order valence-corrected chi connectivity index (χ2v) is 7.07. The Morgan fingerprint density at radius 2 is 2.16 bits per heavy atom. The van der Waals surface area contributed by atoms with Gasteiger partial charge in [0.05, 0.1) is 10.4 Å². The molecule has 1 fully saturated rings. The summed E-state index contributed by atoms with van der Waals surface area (Å²) >= 11 is 7.70. The van der Waals surface area contributed by atoms with Crippen molar-refractivity contribution in [3.05, 3.63) is 21.3 Å². The van der Waals surface area contributed by atoms with Crippen molar-refractivity contribution in [3.63, 3.8) is 0 Å². The minimum absolute atomic E-state index is 0.139. The summed E-state index contributed by atoms with van der Waals surface area (Å²) in [4.78, 5) is 3.73. The first-order valence-corrected chi connectivity index (χ1v) is 8.20. The predicted molar refractivity (Wildman–Crippen MR) is 81.7 cm³/mol. The molecule has 1 aliphatic rings. The molecule has 19 heavy (non-hydrogen) atoms. The maximum Gasteiger partial charge on any atom is 0.0931 e. The molecule has 0 spiro atoms. The third kappa shape index (κ3) is 3.70. The lowest BCUT2D eigenvalue weighted by Gasteiger charge is -2.39. The molecule has 1 saturated heterocycles. The van der Waals surface area contributed by atoms with E-state index in [1.807, 2.05) is 6.07 Å². The van der Waals surface area contributed by atoms with Crippen LogP contribution in [0.2, 0.25) is 4.34 Å². The number of halogens is 1. The molecule has 1 aromatic rings. The molecule has 3 nitrogen and oxygen atoms in total. The van der Waals surface area contributed by atoms with Crippen molar-refractivity contribution in [2.45, 2.75) is 38.3 Å². The molecule has 5 heteroatoms. The second kappa shape index (κ2) is 7.04. The van der Waals surface area contributed by atoms with Crippen LogP contribution in [-0.4, -0.2) is 35.7 Å². The van der Waals surface area contributed by atoms with E-state index >= 15 is 0 Å². The van der Waals surface area contributed by atoms with Crippen LogP contribution in [0.25, 0.3) is 0 Å². The van der Waals surface area contributed by atoms with Gasteiger partial charge in [0.15, 0.2) is 0 Å². The molecule has 0 saturated carbocycles. The third-order valence-corrected chi connectivity index (χ3v) is 5.36. The third-order valence-electron chi connectivity index (χ3n) is 4.06. The average Bonchev–Trinajstić information content (AvgIpc) is 2.86. The topological polar surface area (TPSA) is 49.5 Å². The highest BCUT2D eigenvalue weighted by Gasteiger charge is 2.30. The lowest BCUT2D eigenvalue weighted by Crippen LogP contribution is -2.44. The smallest absolute Gasteiger partial charge is 0.0931 e. The number of nitrogens with two attached hydrogens (primary N) is 1. The van der Waals surface area contributed by atoms with Gasteiger partial charge in [-0.25, -0.2) is 0 Å². The Kier molecular flexibility index (Phi) is 5.66. The minimum atomic E-state index is 0.139. The number of aliphatic hydroxyl groups is 1. The average molecular weight is 303 g/mol. The Morgan fingerprint density at radius 3 is 2.63 bits per heavy atom. The van der Waals surface area contributed by atoms with E-state index in [2.05, 4.69) is 17.9 Å². The van der Waals surface area contributed by atoms with Crippen LogP contribution in [0.1, 0.15) is 37.1 Å². The van der Waals surface area contributed by atoms with Crippen LogP contribution in [0.3, 0.4) is 0 Å². The van der Waals surface area contributed by atoms with Gasteiger partial charge in [0, 0.05) is 17.5 Å². The number of hydrogen-bond acceptors (Lipinski definition) is 4. The molecule has 2 heterocycles. The van der Waals surface area contributed by atoms with Gasteiger partial charge in [-0.2, -0.15) is 0 Å². The van der Waals surface area contributed by atoms with Crippen molar-refractivity contribution in [3.8, 4) is 0 Å². The summed E-state index contributed by atoms with van der Waals surface area (Å²) in [6, 6.07) is 4.46. The number of hydrogen-bond donors (Lipinski definition) is 2. The standard InChI is InChI=1S/C14H23ClN2OS/c1-2-11(16)14(12-3-4-13(15)19-12)17-7-5-10(9-18)6-8-17/h3-4,10-11,14,18H,2,5-9,16H2,1H3. The summed E-state index contributed by atoms with van der Waals surface area (Å²) in [5, 5.41) is 9.23. The van der Waals surface area contributed by atoms with Crippen molar-refractivity contribution < 1.29 is 5.11 Å². The molecule has 108 valence electrons. The van der Waals surface area contributed by atoms with Crippen molar-refractivity contribution in [1.82, 2.24) is 4.90 Å². The van der Waals surface area contributed by atoms with Gasteiger partial charge in [-0.15, -0.1) is 11.3 Å². The zero-order valence-electron chi connectivity index (χ0n) is 11.4. The lowest BCUT2D eigenvalue weighted by molar-refractivity contribution is 0.0898. The van der Waals surface area contributed by atoms with E-state index in [1.54, 1.807) is 11.3 Å². The highest BCUT2D eigenvalue weighted by Crippen LogP contribution is 2.35. The van der Waals surface area contributed by atoms with Crippen LogP contribution in [-0.2, 0) is 0 Å². The number of thiophene rings is 1. The predicted octanol–water partition coefficient (Wildman–Crippen LogP) is 2.88. The van der Waals surface area contributed by atoms with Crippen LogP contribution in [0.5, 0.6) is 0 Å². The fourth-order valence-corrected chi connectivity index (χ4v) is 4.06. The highest BCUT2D eigenvalue weighted by molar-refractivity contribution is 7.16. The lowest BCUT2D eigenvalue weighted by atomic mass is 9.94. The van der Waals surface area contributed by atoms with Crippen molar-refractivity contribution >= 4 is 22.9 Å². The molecule has 0 radical (unpaired) electrons. The molecule has 2 unspecified atom stereocenters. The van der Waals surface area contributed by atoms with Crippen molar-refractivity contribution in [2.75, 3.05) is 19.7 Å². The van der Waals surface area contributed by atoms with Crippen molar-refractivity contribution in [1.29, 1.82) is 0 Å². The molecule has 2 rings (SSSR count). The molecule has 0 aromatic carbocycles. The summed E-state index contributed by atoms with van der Waals surface area (Å²) in [5.41, 5.74) is 6.33. The summed E-state index contributed by atoms with van der Waals surface area (Å²) in [5.74, 6) is 0.460. The van der Waals surface area contributed by atoms with Crippen LogP contribution in [0, 0.1) is 5.92 Å². The van der Waals surface area contributed by atoms with E-state index in [0.29, 0.717) is 12.5 Å². The molecule has 0 amide bonds. The number of piperidine rings is 1. The number of nitrogens with zero attached hydrogens (tertiary/aromatic N) is 1. The van der Waals surface area contributed by atoms with E-state index in [4.69, 9.17) is 17.3 Å². The van der Waals surface area contributed by atoms with Gasteiger partial charge in [0.1, 0.15) is 0 Å². The molecule has 1 aliphatic heterocycles. The second-order valence-electron chi connectivity index (χ2n) is 5.32. The van der Waals surface area contributed by atoms with E-state index in [-0.39, 0.29) is 12.1 Å². The normalized spacial score (nSPS) is 21.5. The van der Waals surface area contributed by atoms with Gasteiger partial charge in [-0.3, -0.25) is 4.90 Å². The maximum atomic E-state index is 9.23. The van der Waals surface area contributed by atoms with Crippen LogP contribution in [0.4, 0.5) is 0 Å². The molecular formula is C14H23ClN2OS. The minimum Gasteiger partial charge on any atom is -0.396 e. The van der Waals surface area contributed by atoms with Gasteiger partial charge in [0.25, 0.3) is 0 Å². The van der Waals surface area contributed by atoms with Gasteiger partial charge in [0.2, 0.25) is 0 Å². The Hall–Kier alpha value is -0.130. The number of likely N-dealkylation sites (tertiary alicyclic amines) is 1. The number of rotatable bonds is 5. The highest BCUT2D eigenvalue weighted by atomic mass is 35.5. The SMILES string of the molecule is CCC(N)C(c1ccc(Cl)s1)N1CCC(CO)CC1. The first kappa shape index (κ1) is 15.3. The Morgan fingerprint density at radius 1 is 1.47 bits per heavy atom. The Labute approximate surface area is 124 Å². The van der Waals surface area contributed by atoms with Crippen molar-refractivity contribution in [2.24, 2.45) is 11.7 Å². The van der Waals surface area contributed by atoms with Gasteiger partial charge < -0.3 is 10.8 Å². The fourth-order valence-electron chi connectivity index (χ4n) is 2.79. The first-order valence-electron chi connectivity index (χ1n) is 7.01. The Bertz CT molecular complexity index is 391. The Balaban J connectivity index is 2.10. The summed E-state index contributed by atoms with van der Waals surface area (Å²) < 4.78 is 0.827. The van der Waals surface area contributed by atoms with Crippen LogP contribution < -0.4 is 5.73 Å². The molecule has 1 aromatic heterocycles. The molecule has 0 aliphatic carbocycles. The maximum absolute atomic E-state index is 9.23. The van der Waals surface area contributed by atoms with Gasteiger partial charge in [-0.1, -0.05) is 18.5 Å². The summed E-state index contributed by atoms with van der Waals surface area (Å²) in [6.45, 7) is 4.47. The first-order chi connectivity index (χ1) is 9.15. The van der Waals surface area contributed by atoms with E-state index < -0.39 is 0 Å². The molecular weight excluding hydrogens is 280 g/mol. The monoisotopic (exact) mass is 302 g/mol. The van der Waals surface area contributed by atoms with E-state index in [1.165, 1.54) is 4.88 Å². The molecule has 3 N–H and O–H groups in total. The van der Waals surface area contributed by atoms with Gasteiger partial charge >= 0.3 is 0 Å². The zero-order chi connectivity index (χ0) is 13.8. The van der Waals surface area contributed by atoms with E-state index in [9.17, 15) is 5.11 Å². The largest absolute Gasteiger partial charge is 0.396 e. The fraction of sp³-hybridized carbons (Fsp3) is 0.714. The summed E-state index contributed by atoms with van der Waals surface area (Å²) in [7, 11) is 0. The zero-order valence-corrected chi connectivity index (χ0v) is 13.0. The molecule has 2 atom stereocenters. The molecule has 0 bridgehead atoms. The van der Waals surface area contributed by atoms with Gasteiger partial charge in [-0.05, 0) is 50.4 Å². The quantitative estimate of drug-likeness (QED) is 0.879.